The molecule has 2 rings (SSSR count). The van der Waals surface area contributed by atoms with Gasteiger partial charge in [0.2, 0.25) is 0 Å². The highest BCUT2D eigenvalue weighted by molar-refractivity contribution is 14.0. The molecule has 1 fully saturated rings. The minimum atomic E-state index is -4.31. The first-order valence-electron chi connectivity index (χ1n) is 8.70. The van der Waals surface area contributed by atoms with Crippen LogP contribution >= 0.6 is 35.7 Å². The van der Waals surface area contributed by atoms with E-state index in [1.807, 2.05) is 18.7 Å². The van der Waals surface area contributed by atoms with Gasteiger partial charge in [0.25, 0.3) is 0 Å². The number of nitrogens with one attached hydrogen (secondary N) is 2. The maximum atomic E-state index is 12.6. The third-order valence-electron chi connectivity index (χ3n) is 4.46. The highest BCUT2D eigenvalue weighted by Crippen LogP contribution is 2.33. The van der Waals surface area contributed by atoms with E-state index in [2.05, 4.69) is 21.9 Å². The van der Waals surface area contributed by atoms with E-state index in [4.69, 9.17) is 4.74 Å². The Bertz CT molecular complexity index is 591. The van der Waals surface area contributed by atoms with Gasteiger partial charge in [-0.1, -0.05) is 12.1 Å². The summed E-state index contributed by atoms with van der Waals surface area (Å²) in [5.74, 6) is 0.673. The molecule has 1 saturated heterocycles. The number of thioether (sulfide) groups is 1. The summed E-state index contributed by atoms with van der Waals surface area (Å²) in [5, 5.41) is 6.56. The smallest absolute Gasteiger partial charge is 0.381 e. The third-order valence-corrected chi connectivity index (χ3v) is 5.88. The van der Waals surface area contributed by atoms with Crippen molar-refractivity contribution in [1.29, 1.82) is 0 Å². The molecule has 1 heterocycles. The molecule has 0 aliphatic carbocycles. The van der Waals surface area contributed by atoms with E-state index in [1.165, 1.54) is 12.1 Å². The van der Waals surface area contributed by atoms with Crippen molar-refractivity contribution < 1.29 is 17.9 Å². The summed E-state index contributed by atoms with van der Waals surface area (Å²) in [6.07, 6.45) is -0.230. The predicted molar refractivity (Wildman–Crippen MR) is 116 cm³/mol. The van der Waals surface area contributed by atoms with E-state index in [9.17, 15) is 13.2 Å². The zero-order valence-corrected chi connectivity index (χ0v) is 18.7. The van der Waals surface area contributed by atoms with Crippen LogP contribution in [0.3, 0.4) is 0 Å². The van der Waals surface area contributed by atoms with E-state index in [-0.39, 0.29) is 28.7 Å². The van der Waals surface area contributed by atoms with Crippen LogP contribution in [0.2, 0.25) is 0 Å². The van der Waals surface area contributed by atoms with Crippen molar-refractivity contribution in [3.63, 3.8) is 0 Å². The lowest BCUT2D eigenvalue weighted by Crippen LogP contribution is -2.47. The maximum Gasteiger partial charge on any atom is 0.416 e. The van der Waals surface area contributed by atoms with Crippen LogP contribution in [0, 0.1) is 0 Å². The Hall–Kier alpha value is -0.680. The van der Waals surface area contributed by atoms with Crippen molar-refractivity contribution >= 4 is 41.7 Å². The molecule has 0 atom stereocenters. The Morgan fingerprint density at radius 2 is 1.81 bits per heavy atom. The summed E-state index contributed by atoms with van der Waals surface area (Å²) in [5.41, 5.74) is 0.0949. The molecule has 0 saturated carbocycles. The molecule has 4 nitrogen and oxygen atoms in total. The average Bonchev–Trinajstić information content (AvgIpc) is 2.64. The Morgan fingerprint density at radius 3 is 2.33 bits per heavy atom. The maximum absolute atomic E-state index is 12.6. The highest BCUT2D eigenvalue weighted by Gasteiger charge is 2.32. The van der Waals surface area contributed by atoms with Gasteiger partial charge >= 0.3 is 6.18 Å². The quantitative estimate of drug-likeness (QED) is 0.336. The van der Waals surface area contributed by atoms with E-state index < -0.39 is 11.7 Å². The van der Waals surface area contributed by atoms with Gasteiger partial charge in [-0.25, -0.2) is 4.99 Å². The molecule has 2 N–H and O–H groups in total. The second-order valence-electron chi connectivity index (χ2n) is 6.24. The molecule has 0 aromatic heterocycles. The van der Waals surface area contributed by atoms with Crippen LogP contribution in [0.5, 0.6) is 0 Å². The molecule has 0 amide bonds. The van der Waals surface area contributed by atoms with Crippen molar-refractivity contribution in [3.8, 4) is 0 Å². The Balaban J connectivity index is 0.00000364. The molecule has 154 valence electrons. The Morgan fingerprint density at radius 1 is 1.19 bits per heavy atom. The minimum absolute atomic E-state index is 0. The minimum Gasteiger partial charge on any atom is -0.381 e. The van der Waals surface area contributed by atoms with Crippen molar-refractivity contribution in [2.75, 3.05) is 32.6 Å². The summed E-state index contributed by atoms with van der Waals surface area (Å²) in [6, 6.07) is 5.13. The molecule has 9 heteroatoms. The van der Waals surface area contributed by atoms with E-state index >= 15 is 0 Å². The number of guanidine groups is 1. The molecule has 1 aliphatic rings. The number of aliphatic imine (C=N–C) groups is 1. The molecule has 27 heavy (non-hydrogen) atoms. The van der Waals surface area contributed by atoms with Gasteiger partial charge in [-0.05, 0) is 43.7 Å². The summed E-state index contributed by atoms with van der Waals surface area (Å²) in [6.45, 7) is 5.32. The molecule has 0 bridgehead atoms. The molecule has 0 spiro atoms. The standard InChI is InChI=1S/C18H26F3N3OS.HI/c1-3-22-16(24-13-17(26-2)8-10-25-11-9-17)23-12-14-4-6-15(7-5-14)18(19,20)21;/h4-7H,3,8-13H2,1-2H3,(H2,22,23,24);1H. The zero-order valence-electron chi connectivity index (χ0n) is 15.6. The average molecular weight is 517 g/mol. The second-order valence-corrected chi connectivity index (χ2v) is 7.52. The number of benzene rings is 1. The number of alkyl halides is 3. The Kier molecular flexibility index (Phi) is 10.2. The van der Waals surface area contributed by atoms with Crippen LogP contribution in [0.1, 0.15) is 30.9 Å². The summed E-state index contributed by atoms with van der Waals surface area (Å²) in [4.78, 5) is 4.50. The number of hydrogen-bond acceptors (Lipinski definition) is 3. The lowest BCUT2D eigenvalue weighted by atomic mass is 9.99. The molecule has 0 unspecified atom stereocenters. The molecule has 1 aromatic rings. The van der Waals surface area contributed by atoms with E-state index in [0.717, 1.165) is 50.3 Å². The lowest BCUT2D eigenvalue weighted by Gasteiger charge is -2.36. The molecular formula is C18H27F3IN3OS. The number of ether oxygens (including phenoxy) is 1. The predicted octanol–water partition coefficient (Wildman–Crippen LogP) is 4.29. The van der Waals surface area contributed by atoms with E-state index in [1.54, 1.807) is 0 Å². The van der Waals surface area contributed by atoms with Crippen LogP contribution < -0.4 is 10.6 Å². The van der Waals surface area contributed by atoms with Gasteiger partial charge in [0.15, 0.2) is 5.96 Å². The number of rotatable bonds is 6. The molecule has 1 aromatic carbocycles. The fraction of sp³-hybridized carbons (Fsp3) is 0.611. The third kappa shape index (κ3) is 7.69. The summed E-state index contributed by atoms with van der Waals surface area (Å²) in [7, 11) is 0. The van der Waals surface area contributed by atoms with Crippen molar-refractivity contribution in [1.82, 2.24) is 10.6 Å². The monoisotopic (exact) mass is 517 g/mol. The molecule has 0 radical (unpaired) electrons. The van der Waals surface area contributed by atoms with Gasteiger partial charge < -0.3 is 15.4 Å². The van der Waals surface area contributed by atoms with Gasteiger partial charge in [0.05, 0.1) is 12.1 Å². The zero-order chi connectivity index (χ0) is 19.0. The van der Waals surface area contributed by atoms with Crippen LogP contribution in [0.4, 0.5) is 13.2 Å². The van der Waals surface area contributed by atoms with Gasteiger partial charge in [0.1, 0.15) is 0 Å². The normalized spacial score (nSPS) is 17.1. The number of nitrogens with zero attached hydrogens (tertiary/aromatic N) is 1. The van der Waals surface area contributed by atoms with Crippen LogP contribution in [-0.4, -0.2) is 43.3 Å². The summed E-state index contributed by atoms with van der Waals surface area (Å²) < 4.78 is 43.4. The summed E-state index contributed by atoms with van der Waals surface area (Å²) >= 11 is 1.84. The first-order valence-corrected chi connectivity index (χ1v) is 9.92. The number of hydrogen-bond donors (Lipinski definition) is 2. The van der Waals surface area contributed by atoms with Crippen LogP contribution in [0.15, 0.2) is 29.3 Å². The van der Waals surface area contributed by atoms with Gasteiger partial charge in [-0.2, -0.15) is 24.9 Å². The van der Waals surface area contributed by atoms with Crippen LogP contribution in [-0.2, 0) is 17.5 Å². The van der Waals surface area contributed by atoms with Gasteiger partial charge in [-0.15, -0.1) is 24.0 Å². The SMILES string of the molecule is CCNC(=NCc1ccc(C(F)(F)F)cc1)NCC1(SC)CCOCC1.I. The van der Waals surface area contributed by atoms with Gasteiger partial charge in [0, 0.05) is 31.1 Å². The van der Waals surface area contributed by atoms with Crippen LogP contribution in [0.25, 0.3) is 0 Å². The first kappa shape index (κ1) is 24.4. The first-order chi connectivity index (χ1) is 12.4. The molecular weight excluding hydrogens is 490 g/mol. The largest absolute Gasteiger partial charge is 0.416 e. The van der Waals surface area contributed by atoms with Gasteiger partial charge in [-0.3, -0.25) is 0 Å². The fourth-order valence-corrected chi connectivity index (χ4v) is 3.54. The Labute approximate surface area is 180 Å². The second kappa shape index (κ2) is 11.4. The lowest BCUT2D eigenvalue weighted by molar-refractivity contribution is -0.137. The fourth-order valence-electron chi connectivity index (χ4n) is 2.75. The highest BCUT2D eigenvalue weighted by atomic mass is 127. The van der Waals surface area contributed by atoms with E-state index in [0.29, 0.717) is 19.0 Å². The number of halogens is 4. The topological polar surface area (TPSA) is 45.7 Å². The van der Waals surface area contributed by atoms with Crippen molar-refractivity contribution in [2.45, 2.75) is 37.2 Å². The van der Waals surface area contributed by atoms with Crippen molar-refractivity contribution in [2.24, 2.45) is 4.99 Å². The molecule has 1 aliphatic heterocycles. The van der Waals surface area contributed by atoms with Crippen molar-refractivity contribution in [3.05, 3.63) is 35.4 Å².